The van der Waals surface area contributed by atoms with E-state index in [0.717, 1.165) is 28.9 Å². The van der Waals surface area contributed by atoms with E-state index in [1.807, 2.05) is 10.1 Å². The molecule has 1 aliphatic carbocycles. The van der Waals surface area contributed by atoms with Crippen molar-refractivity contribution in [1.29, 1.82) is 0 Å². The highest BCUT2D eigenvalue weighted by Crippen LogP contribution is 2.24. The van der Waals surface area contributed by atoms with Gasteiger partial charge in [-0.15, -0.1) is 17.9 Å². The van der Waals surface area contributed by atoms with E-state index in [9.17, 15) is 10.1 Å². The molecule has 0 aliphatic heterocycles. The second-order valence-corrected chi connectivity index (χ2v) is 7.42. The second kappa shape index (κ2) is 9.41. The summed E-state index contributed by atoms with van der Waals surface area (Å²) in [5, 5.41) is 17.9. The zero-order valence-electron chi connectivity index (χ0n) is 15.3. The molecule has 3 rings (SSSR count). The molecule has 1 aliphatic rings. The Balaban J connectivity index is 2.02. The van der Waals surface area contributed by atoms with Gasteiger partial charge in [0.05, 0.1) is 17.2 Å². The Hall–Kier alpha value is -2.54. The first-order chi connectivity index (χ1) is 13.2. The Kier molecular flexibility index (Phi) is 6.70. The minimum atomic E-state index is -0.384. The van der Waals surface area contributed by atoms with Crippen LogP contribution in [0.2, 0.25) is 0 Å². The summed E-state index contributed by atoms with van der Waals surface area (Å²) in [5.41, 5.74) is 3.10. The number of rotatable bonds is 5. The van der Waals surface area contributed by atoms with Gasteiger partial charge in [-0.3, -0.25) is 15.1 Å². The molecule has 2 aromatic rings. The van der Waals surface area contributed by atoms with Gasteiger partial charge in [-0.1, -0.05) is 25.3 Å². The molecule has 1 aromatic heterocycles. The average Bonchev–Trinajstić information content (AvgIpc) is 3.04. The highest BCUT2D eigenvalue weighted by Gasteiger charge is 2.12. The molecule has 1 saturated carbocycles. The minimum absolute atomic E-state index is 0.0865. The summed E-state index contributed by atoms with van der Waals surface area (Å²) < 4.78 is 1.90. The molecule has 0 saturated heterocycles. The Morgan fingerprint density at radius 3 is 2.44 bits per heavy atom. The monoisotopic (exact) mass is 384 g/mol. The summed E-state index contributed by atoms with van der Waals surface area (Å²) in [7, 11) is 0. The molecule has 0 radical (unpaired) electrons. The van der Waals surface area contributed by atoms with Crippen LogP contribution in [0.3, 0.4) is 0 Å². The normalized spacial score (nSPS) is 15.9. The van der Waals surface area contributed by atoms with Crippen LogP contribution in [0, 0.1) is 10.1 Å². The fourth-order valence-electron chi connectivity index (χ4n) is 3.15. The van der Waals surface area contributed by atoms with Gasteiger partial charge in [0, 0.05) is 28.8 Å². The summed E-state index contributed by atoms with van der Waals surface area (Å²) in [6.45, 7) is 4.27. The third kappa shape index (κ3) is 5.01. The van der Waals surface area contributed by atoms with Crippen molar-refractivity contribution in [3.8, 4) is 11.3 Å². The summed E-state index contributed by atoms with van der Waals surface area (Å²) >= 11 is 1.53. The third-order valence-corrected chi connectivity index (χ3v) is 5.44. The van der Waals surface area contributed by atoms with Gasteiger partial charge in [0.2, 0.25) is 4.80 Å². The van der Waals surface area contributed by atoms with Crippen molar-refractivity contribution >= 4 is 22.7 Å². The van der Waals surface area contributed by atoms with Crippen molar-refractivity contribution < 1.29 is 4.92 Å². The molecular formula is C20H24N4O2S. The van der Waals surface area contributed by atoms with E-state index in [0.29, 0.717) is 6.54 Å². The number of nitrogens with zero attached hydrogens (tertiary/aromatic N) is 4. The van der Waals surface area contributed by atoms with Gasteiger partial charge in [-0.25, -0.2) is 4.68 Å². The third-order valence-electron chi connectivity index (χ3n) is 4.59. The maximum Gasteiger partial charge on any atom is 0.269 e. The molecule has 0 unspecified atom stereocenters. The lowest BCUT2D eigenvalue weighted by Gasteiger charge is -2.12. The number of non-ortho nitro benzene ring substituents is 1. The lowest BCUT2D eigenvalue weighted by Crippen LogP contribution is -2.15. The Bertz CT molecular complexity index is 883. The molecule has 1 aromatic carbocycles. The molecule has 0 amide bonds. The molecule has 142 valence electrons. The van der Waals surface area contributed by atoms with Crippen molar-refractivity contribution in [1.82, 2.24) is 4.68 Å². The largest absolute Gasteiger partial charge is 0.269 e. The van der Waals surface area contributed by atoms with Crippen LogP contribution in [0.15, 0.2) is 52.4 Å². The van der Waals surface area contributed by atoms with E-state index in [4.69, 9.17) is 5.10 Å². The van der Waals surface area contributed by atoms with Crippen molar-refractivity contribution in [2.45, 2.75) is 44.9 Å². The van der Waals surface area contributed by atoms with E-state index in [2.05, 4.69) is 11.6 Å². The van der Waals surface area contributed by atoms with Crippen LogP contribution in [0.5, 0.6) is 0 Å². The van der Waals surface area contributed by atoms with Crippen molar-refractivity contribution in [2.75, 3.05) is 6.54 Å². The van der Waals surface area contributed by atoms with Crippen LogP contribution in [0.4, 0.5) is 5.69 Å². The first-order valence-electron chi connectivity index (χ1n) is 9.32. The van der Waals surface area contributed by atoms with Crippen LogP contribution in [0.1, 0.15) is 44.9 Å². The van der Waals surface area contributed by atoms with Crippen molar-refractivity contribution in [3.05, 3.63) is 57.2 Å². The standard InChI is InChI=1S/C20H24N4O2S/c1-2-14-21-20-23(22-17-8-6-4-3-5-7-9-17)19(15-27-20)16-10-12-18(13-11-16)24(25)26/h2,10-13,15H,1,3-9,14H2. The number of nitro benzene ring substituents is 1. The first-order valence-corrected chi connectivity index (χ1v) is 10.2. The molecule has 7 heteroatoms. The average molecular weight is 385 g/mol. The number of nitro groups is 1. The molecule has 0 atom stereocenters. The molecule has 0 bridgehead atoms. The highest BCUT2D eigenvalue weighted by molar-refractivity contribution is 7.07. The van der Waals surface area contributed by atoms with Crippen LogP contribution in [-0.2, 0) is 0 Å². The maximum atomic E-state index is 10.9. The number of hydrogen-bond donors (Lipinski definition) is 0. The quantitative estimate of drug-likeness (QED) is 0.406. The molecule has 0 N–H and O–H groups in total. The van der Waals surface area contributed by atoms with Crippen LogP contribution >= 0.6 is 11.3 Å². The number of benzene rings is 1. The van der Waals surface area contributed by atoms with E-state index in [1.54, 1.807) is 18.2 Å². The summed E-state index contributed by atoms with van der Waals surface area (Å²) in [5.74, 6) is 0. The molecule has 27 heavy (non-hydrogen) atoms. The Morgan fingerprint density at radius 2 is 1.81 bits per heavy atom. The van der Waals surface area contributed by atoms with Gasteiger partial charge < -0.3 is 0 Å². The summed E-state index contributed by atoms with van der Waals surface area (Å²) in [6.07, 6.45) is 9.98. The van der Waals surface area contributed by atoms with Gasteiger partial charge >= 0.3 is 0 Å². The van der Waals surface area contributed by atoms with Crippen LogP contribution in [0.25, 0.3) is 11.3 Å². The smallest absolute Gasteiger partial charge is 0.258 e. The molecule has 1 fully saturated rings. The number of thiazole rings is 1. The molecule has 1 heterocycles. The predicted octanol–water partition coefficient (Wildman–Crippen LogP) is 5.16. The van der Waals surface area contributed by atoms with Crippen LogP contribution in [-0.4, -0.2) is 21.9 Å². The highest BCUT2D eigenvalue weighted by atomic mass is 32.1. The van der Waals surface area contributed by atoms with Crippen molar-refractivity contribution in [3.63, 3.8) is 0 Å². The zero-order valence-corrected chi connectivity index (χ0v) is 16.2. The molecule has 0 spiro atoms. The van der Waals surface area contributed by atoms with Gasteiger partial charge in [0.25, 0.3) is 5.69 Å². The minimum Gasteiger partial charge on any atom is -0.258 e. The van der Waals surface area contributed by atoms with Gasteiger partial charge in [0.1, 0.15) is 0 Å². The van der Waals surface area contributed by atoms with E-state index < -0.39 is 0 Å². The summed E-state index contributed by atoms with van der Waals surface area (Å²) in [4.78, 5) is 15.9. The van der Waals surface area contributed by atoms with Gasteiger partial charge in [0.15, 0.2) is 0 Å². The summed E-state index contributed by atoms with van der Waals surface area (Å²) in [6, 6.07) is 6.60. The Labute approximate surface area is 162 Å². The molecule has 6 nitrogen and oxygen atoms in total. The fraction of sp³-hybridized carbons (Fsp3) is 0.400. The van der Waals surface area contributed by atoms with Crippen LogP contribution < -0.4 is 4.80 Å². The SMILES string of the molecule is C=CCN=c1scc(-c2ccc([N+](=O)[O-])cc2)n1N=C1CCCCCCC1. The van der Waals surface area contributed by atoms with E-state index in [1.165, 1.54) is 61.3 Å². The second-order valence-electron chi connectivity index (χ2n) is 6.58. The van der Waals surface area contributed by atoms with E-state index >= 15 is 0 Å². The van der Waals surface area contributed by atoms with Gasteiger partial charge in [-0.2, -0.15) is 5.10 Å². The maximum absolute atomic E-state index is 10.9. The predicted molar refractivity (Wildman–Crippen MR) is 110 cm³/mol. The lowest BCUT2D eigenvalue weighted by molar-refractivity contribution is -0.384. The Morgan fingerprint density at radius 1 is 1.15 bits per heavy atom. The fourth-order valence-corrected chi connectivity index (χ4v) is 4.00. The first kappa shape index (κ1) is 19.2. The zero-order chi connectivity index (χ0) is 19.1. The van der Waals surface area contributed by atoms with E-state index in [-0.39, 0.29) is 10.6 Å². The van der Waals surface area contributed by atoms with Crippen molar-refractivity contribution in [2.24, 2.45) is 10.1 Å². The number of hydrogen-bond acceptors (Lipinski definition) is 5. The van der Waals surface area contributed by atoms with Gasteiger partial charge in [-0.05, 0) is 37.8 Å². The topological polar surface area (TPSA) is 72.8 Å². The lowest BCUT2D eigenvalue weighted by atomic mass is 9.99. The number of aromatic nitrogens is 1. The molecular weight excluding hydrogens is 360 g/mol.